The SMILES string of the molecule is CC1SCC(C(=O)O)N1C(=O)c1ccc(C#N)cc1. The van der Waals surface area contributed by atoms with E-state index in [2.05, 4.69) is 0 Å². The van der Waals surface area contributed by atoms with Crippen molar-refractivity contribution in [2.75, 3.05) is 5.75 Å². The molecule has 0 bridgehead atoms. The molecule has 19 heavy (non-hydrogen) atoms. The van der Waals surface area contributed by atoms with E-state index in [0.29, 0.717) is 16.9 Å². The maximum absolute atomic E-state index is 12.3. The third kappa shape index (κ3) is 2.56. The Hall–Kier alpha value is -2.00. The second kappa shape index (κ2) is 5.33. The number of carbonyl (C=O) groups is 2. The van der Waals surface area contributed by atoms with Crippen molar-refractivity contribution < 1.29 is 14.7 Å². The van der Waals surface area contributed by atoms with E-state index in [1.54, 1.807) is 24.3 Å². The van der Waals surface area contributed by atoms with E-state index in [1.165, 1.54) is 16.7 Å². The molecule has 2 rings (SSSR count). The van der Waals surface area contributed by atoms with E-state index < -0.39 is 12.0 Å². The summed E-state index contributed by atoms with van der Waals surface area (Å²) >= 11 is 1.44. The molecule has 1 aliphatic rings. The number of carboxylic acid groups (broad SMARTS) is 1. The van der Waals surface area contributed by atoms with Gasteiger partial charge in [0.05, 0.1) is 17.0 Å². The van der Waals surface area contributed by atoms with E-state index in [9.17, 15) is 9.59 Å². The van der Waals surface area contributed by atoms with Crippen molar-refractivity contribution in [1.82, 2.24) is 4.90 Å². The van der Waals surface area contributed by atoms with Gasteiger partial charge >= 0.3 is 5.97 Å². The van der Waals surface area contributed by atoms with Crippen LogP contribution >= 0.6 is 11.8 Å². The first-order chi connectivity index (χ1) is 9.04. The predicted molar refractivity (Wildman–Crippen MR) is 70.7 cm³/mol. The molecule has 1 saturated heterocycles. The van der Waals surface area contributed by atoms with Gasteiger partial charge in [0.2, 0.25) is 0 Å². The number of amides is 1. The van der Waals surface area contributed by atoms with Crippen molar-refractivity contribution in [3.05, 3.63) is 35.4 Å². The maximum Gasteiger partial charge on any atom is 0.327 e. The first-order valence-corrected chi connectivity index (χ1v) is 6.76. The Morgan fingerprint density at radius 2 is 2.05 bits per heavy atom. The van der Waals surface area contributed by atoms with E-state index in [-0.39, 0.29) is 11.3 Å². The molecule has 0 aromatic heterocycles. The molecule has 0 spiro atoms. The molecule has 0 aliphatic carbocycles. The van der Waals surface area contributed by atoms with Crippen LogP contribution in [0.5, 0.6) is 0 Å². The number of rotatable bonds is 2. The minimum Gasteiger partial charge on any atom is -0.480 e. The predicted octanol–water partition coefficient (Wildman–Crippen LogP) is 1.55. The van der Waals surface area contributed by atoms with Gasteiger partial charge in [-0.2, -0.15) is 5.26 Å². The van der Waals surface area contributed by atoms with Crippen LogP contribution in [0.15, 0.2) is 24.3 Å². The van der Waals surface area contributed by atoms with Gasteiger partial charge in [0.25, 0.3) is 5.91 Å². The number of nitrogens with zero attached hydrogens (tertiary/aromatic N) is 2. The average Bonchev–Trinajstić information content (AvgIpc) is 2.80. The summed E-state index contributed by atoms with van der Waals surface area (Å²) in [6.07, 6.45) is 0. The Kier molecular flexibility index (Phi) is 3.76. The van der Waals surface area contributed by atoms with Gasteiger partial charge in [-0.15, -0.1) is 11.8 Å². The molecular weight excluding hydrogens is 264 g/mol. The van der Waals surface area contributed by atoms with Crippen LogP contribution < -0.4 is 0 Å². The van der Waals surface area contributed by atoms with E-state index in [1.807, 2.05) is 13.0 Å². The zero-order chi connectivity index (χ0) is 14.0. The summed E-state index contributed by atoms with van der Waals surface area (Å²) in [6.45, 7) is 1.81. The first kappa shape index (κ1) is 13.4. The Morgan fingerprint density at radius 3 is 2.58 bits per heavy atom. The topological polar surface area (TPSA) is 81.4 Å². The van der Waals surface area contributed by atoms with Crippen molar-refractivity contribution in [1.29, 1.82) is 5.26 Å². The fourth-order valence-electron chi connectivity index (χ4n) is 1.98. The zero-order valence-electron chi connectivity index (χ0n) is 10.2. The molecule has 1 N–H and O–H groups in total. The highest BCUT2D eigenvalue weighted by Crippen LogP contribution is 2.30. The molecule has 0 radical (unpaired) electrons. The van der Waals surface area contributed by atoms with E-state index in [4.69, 9.17) is 10.4 Å². The van der Waals surface area contributed by atoms with E-state index in [0.717, 1.165) is 0 Å². The van der Waals surface area contributed by atoms with Crippen LogP contribution in [0.4, 0.5) is 0 Å². The number of hydrogen-bond acceptors (Lipinski definition) is 4. The maximum atomic E-state index is 12.3. The van der Waals surface area contributed by atoms with Crippen molar-refractivity contribution in [3.8, 4) is 6.07 Å². The number of carbonyl (C=O) groups excluding carboxylic acids is 1. The molecule has 1 amide bonds. The molecule has 1 aromatic carbocycles. The third-order valence-electron chi connectivity index (χ3n) is 3.00. The van der Waals surface area contributed by atoms with Crippen molar-refractivity contribution >= 4 is 23.6 Å². The molecule has 1 aromatic rings. The minimum atomic E-state index is -0.987. The second-order valence-electron chi connectivity index (χ2n) is 4.19. The number of aliphatic carboxylic acids is 1. The van der Waals surface area contributed by atoms with Gasteiger partial charge in [-0.1, -0.05) is 0 Å². The van der Waals surface area contributed by atoms with Crippen LogP contribution in [0.2, 0.25) is 0 Å². The number of nitriles is 1. The normalized spacial score (nSPS) is 22.0. The number of hydrogen-bond donors (Lipinski definition) is 1. The van der Waals surface area contributed by atoms with Gasteiger partial charge in [-0.05, 0) is 31.2 Å². The van der Waals surface area contributed by atoms with Gasteiger partial charge in [0.15, 0.2) is 0 Å². The first-order valence-electron chi connectivity index (χ1n) is 5.72. The van der Waals surface area contributed by atoms with Gasteiger partial charge in [-0.25, -0.2) is 4.79 Å². The fourth-order valence-corrected chi connectivity index (χ4v) is 3.15. The minimum absolute atomic E-state index is 0.163. The second-order valence-corrected chi connectivity index (χ2v) is 5.54. The number of thioether (sulfide) groups is 1. The zero-order valence-corrected chi connectivity index (χ0v) is 11.1. The summed E-state index contributed by atoms with van der Waals surface area (Å²) < 4.78 is 0. The van der Waals surface area contributed by atoms with Crippen molar-refractivity contribution in [2.24, 2.45) is 0 Å². The summed E-state index contributed by atoms with van der Waals surface area (Å²) in [5, 5.41) is 17.7. The van der Waals surface area contributed by atoms with Gasteiger partial charge in [0.1, 0.15) is 6.04 Å². The monoisotopic (exact) mass is 276 g/mol. The van der Waals surface area contributed by atoms with Crippen LogP contribution in [-0.2, 0) is 4.79 Å². The van der Waals surface area contributed by atoms with E-state index >= 15 is 0 Å². The van der Waals surface area contributed by atoms with Crippen LogP contribution in [0, 0.1) is 11.3 Å². The van der Waals surface area contributed by atoms with Crippen LogP contribution in [0.1, 0.15) is 22.8 Å². The summed E-state index contributed by atoms with van der Waals surface area (Å²) in [4.78, 5) is 24.9. The van der Waals surface area contributed by atoms with Crippen molar-refractivity contribution in [3.63, 3.8) is 0 Å². The Morgan fingerprint density at radius 1 is 1.42 bits per heavy atom. The fraction of sp³-hybridized carbons (Fsp3) is 0.308. The standard InChI is InChI=1S/C13H12N2O3S/c1-8-15(11(7-19-8)13(17)18)12(16)10-4-2-9(6-14)3-5-10/h2-5,8,11H,7H2,1H3,(H,17,18). The highest BCUT2D eigenvalue weighted by atomic mass is 32.2. The molecule has 5 nitrogen and oxygen atoms in total. The summed E-state index contributed by atoms with van der Waals surface area (Å²) in [5.41, 5.74) is 0.870. The Labute approximate surface area is 114 Å². The third-order valence-corrected chi connectivity index (χ3v) is 4.22. The highest BCUT2D eigenvalue weighted by Gasteiger charge is 2.39. The van der Waals surface area contributed by atoms with Crippen LogP contribution in [0.3, 0.4) is 0 Å². The lowest BCUT2D eigenvalue weighted by Crippen LogP contribution is -2.44. The highest BCUT2D eigenvalue weighted by molar-refractivity contribution is 8.00. The molecule has 6 heteroatoms. The molecule has 1 heterocycles. The van der Waals surface area contributed by atoms with Gasteiger partial charge in [-0.3, -0.25) is 4.79 Å². The average molecular weight is 276 g/mol. The molecule has 2 atom stereocenters. The largest absolute Gasteiger partial charge is 0.480 e. The molecular formula is C13H12N2O3S. The summed E-state index contributed by atoms with van der Waals surface area (Å²) in [7, 11) is 0. The lowest BCUT2D eigenvalue weighted by Gasteiger charge is -2.25. The van der Waals surface area contributed by atoms with Crippen LogP contribution in [0.25, 0.3) is 0 Å². The molecule has 98 valence electrons. The lowest BCUT2D eigenvalue weighted by molar-refractivity contribution is -0.141. The van der Waals surface area contributed by atoms with Gasteiger partial charge in [0, 0.05) is 11.3 Å². The number of benzene rings is 1. The quantitative estimate of drug-likeness (QED) is 0.886. The smallest absolute Gasteiger partial charge is 0.327 e. The Balaban J connectivity index is 2.26. The van der Waals surface area contributed by atoms with Gasteiger partial charge < -0.3 is 10.0 Å². The summed E-state index contributed by atoms with van der Waals surface area (Å²) in [5.74, 6) is -0.897. The Bertz CT molecular complexity index is 550. The molecule has 1 aliphatic heterocycles. The summed E-state index contributed by atoms with van der Waals surface area (Å²) in [6, 6.07) is 7.39. The van der Waals surface area contributed by atoms with Crippen LogP contribution in [-0.4, -0.2) is 39.1 Å². The number of carboxylic acids is 1. The lowest BCUT2D eigenvalue weighted by atomic mass is 10.1. The molecule has 0 saturated carbocycles. The van der Waals surface area contributed by atoms with Crippen molar-refractivity contribution in [2.45, 2.75) is 18.3 Å². The molecule has 1 fully saturated rings. The molecule has 2 unspecified atom stereocenters.